The third-order valence-corrected chi connectivity index (χ3v) is 7.67. The number of aliphatic hydroxyl groups is 2. The van der Waals surface area contributed by atoms with Crippen LogP contribution in [-0.2, 0) is 16.6 Å². The number of rotatable bonds is 3. The van der Waals surface area contributed by atoms with Crippen molar-refractivity contribution in [2.75, 3.05) is 18.0 Å². The molecule has 3 unspecified atom stereocenters. The largest absolute Gasteiger partial charge is 0.388 e. The fourth-order valence-electron chi connectivity index (χ4n) is 5.82. The maximum atomic E-state index is 10.6. The zero-order valence-corrected chi connectivity index (χ0v) is 18.6. The minimum absolute atomic E-state index is 0.127. The number of ether oxygens (including phenoxy) is 1. The summed E-state index contributed by atoms with van der Waals surface area (Å²) in [6, 6.07) is 8.74. The van der Waals surface area contributed by atoms with Crippen molar-refractivity contribution in [1.82, 2.24) is 19.5 Å². The van der Waals surface area contributed by atoms with Crippen LogP contribution in [0.5, 0.6) is 0 Å². The fraction of sp³-hybridized carbons (Fsp3) is 0.522. The van der Waals surface area contributed by atoms with Gasteiger partial charge in [0.15, 0.2) is 23.2 Å². The van der Waals surface area contributed by atoms with E-state index in [0.29, 0.717) is 23.4 Å². The summed E-state index contributed by atoms with van der Waals surface area (Å²) in [5.74, 6) is 0.708. The van der Waals surface area contributed by atoms with Crippen molar-refractivity contribution in [2.45, 2.75) is 62.6 Å². The smallest absolute Gasteiger partial charge is 0.226 e. The minimum atomic E-state index is -1.07. The summed E-state index contributed by atoms with van der Waals surface area (Å²) in [7, 11) is 0. The molecule has 2 aliphatic heterocycles. The van der Waals surface area contributed by atoms with Crippen molar-refractivity contribution in [3.63, 3.8) is 0 Å². The van der Waals surface area contributed by atoms with Gasteiger partial charge in [0.25, 0.3) is 0 Å². The zero-order valence-electron chi connectivity index (χ0n) is 17.9. The summed E-state index contributed by atoms with van der Waals surface area (Å²) in [5.41, 5.74) is 4.16. The zero-order chi connectivity index (χ0) is 22.0. The molecule has 1 aromatic carbocycles. The van der Waals surface area contributed by atoms with Crippen molar-refractivity contribution >= 4 is 28.6 Å². The molecule has 0 radical (unpaired) electrons. The number of benzene rings is 1. The highest BCUT2D eigenvalue weighted by molar-refractivity contribution is 6.28. The number of hydrogen-bond donors (Lipinski definition) is 2. The first kappa shape index (κ1) is 20.4. The first-order chi connectivity index (χ1) is 15.5. The van der Waals surface area contributed by atoms with Gasteiger partial charge in [0.2, 0.25) is 5.28 Å². The second-order valence-electron chi connectivity index (χ2n) is 9.20. The highest BCUT2D eigenvalue weighted by Gasteiger charge is 2.46. The number of hydrogen-bond acceptors (Lipinski definition) is 7. The van der Waals surface area contributed by atoms with E-state index in [1.54, 1.807) is 10.9 Å². The van der Waals surface area contributed by atoms with Gasteiger partial charge in [-0.25, -0.2) is 4.98 Å². The summed E-state index contributed by atoms with van der Waals surface area (Å²) >= 11 is 6.35. The fourth-order valence-corrected chi connectivity index (χ4v) is 5.98. The van der Waals surface area contributed by atoms with E-state index in [4.69, 9.17) is 16.3 Å². The van der Waals surface area contributed by atoms with Gasteiger partial charge in [-0.1, -0.05) is 31.2 Å². The second kappa shape index (κ2) is 7.38. The molecular formula is C23H26ClN5O3. The average Bonchev–Trinajstić information content (AvgIpc) is 3.56. The third kappa shape index (κ3) is 2.90. The van der Waals surface area contributed by atoms with Crippen molar-refractivity contribution in [2.24, 2.45) is 0 Å². The first-order valence-electron chi connectivity index (χ1n) is 11.3. The lowest BCUT2D eigenvalue weighted by molar-refractivity contribution is -0.0355. The molecule has 9 heteroatoms. The molecule has 0 amide bonds. The van der Waals surface area contributed by atoms with E-state index in [9.17, 15) is 10.2 Å². The van der Waals surface area contributed by atoms with Crippen molar-refractivity contribution in [3.8, 4) is 0 Å². The molecule has 2 saturated heterocycles. The van der Waals surface area contributed by atoms with Crippen LogP contribution in [0.2, 0.25) is 5.28 Å². The molecule has 32 heavy (non-hydrogen) atoms. The Morgan fingerprint density at radius 3 is 2.84 bits per heavy atom. The monoisotopic (exact) mass is 455 g/mol. The van der Waals surface area contributed by atoms with E-state index in [1.807, 2.05) is 6.92 Å². The Bertz CT molecular complexity index is 1190. The van der Waals surface area contributed by atoms with E-state index in [2.05, 4.69) is 44.1 Å². The quantitative estimate of drug-likeness (QED) is 0.586. The topological polar surface area (TPSA) is 96.5 Å². The molecule has 6 rings (SSSR count). The molecule has 0 saturated carbocycles. The standard InChI is InChI=1S/C23H26ClN5O3/c1-2-15-17(30)18(31)21(32-15)29-12-25-16-19(26-22(24)27-20(16)29)28-10-9-23(11-28)8-7-13-5-3-4-6-14(13)23/h3-6,12,15,17-18,21,30-31H,2,7-11H2,1H3/t15-,17?,18?,21-,23?/m1/s1. The Labute approximate surface area is 190 Å². The molecule has 5 atom stereocenters. The number of nitrogens with zero attached hydrogens (tertiary/aromatic N) is 5. The van der Waals surface area contributed by atoms with Gasteiger partial charge >= 0.3 is 0 Å². The van der Waals surface area contributed by atoms with Gasteiger partial charge in [-0.15, -0.1) is 0 Å². The summed E-state index contributed by atoms with van der Waals surface area (Å²) in [5, 5.41) is 21.0. The predicted octanol–water partition coefficient (Wildman–Crippen LogP) is 2.60. The molecule has 3 aromatic rings. The molecule has 1 aliphatic carbocycles. The number of aliphatic hydroxyl groups excluding tert-OH is 2. The van der Waals surface area contributed by atoms with E-state index >= 15 is 0 Å². The highest BCUT2D eigenvalue weighted by Crippen LogP contribution is 2.47. The molecule has 2 fully saturated rings. The van der Waals surface area contributed by atoms with Gasteiger partial charge in [0.1, 0.15) is 12.2 Å². The SMILES string of the molecule is CC[C@H]1O[C@@H](n2cnc3c(N4CCC5(CCc6ccccc65)C4)nc(Cl)nc32)C(O)C1O. The maximum absolute atomic E-state index is 10.6. The van der Waals surface area contributed by atoms with Crippen molar-refractivity contribution in [3.05, 3.63) is 47.0 Å². The minimum Gasteiger partial charge on any atom is -0.388 e. The normalized spacial score (nSPS) is 31.8. The van der Waals surface area contributed by atoms with Gasteiger partial charge < -0.3 is 19.8 Å². The van der Waals surface area contributed by atoms with Gasteiger partial charge in [0, 0.05) is 18.5 Å². The van der Waals surface area contributed by atoms with Crippen molar-refractivity contribution in [1.29, 1.82) is 0 Å². The highest BCUT2D eigenvalue weighted by atomic mass is 35.5. The maximum Gasteiger partial charge on any atom is 0.226 e. The lowest BCUT2D eigenvalue weighted by atomic mass is 9.81. The van der Waals surface area contributed by atoms with Gasteiger partial charge in [0.05, 0.1) is 12.4 Å². The van der Waals surface area contributed by atoms with Crippen LogP contribution in [0, 0.1) is 0 Å². The molecule has 3 aliphatic rings. The number of imidazole rings is 1. The Kier molecular flexibility index (Phi) is 4.69. The number of fused-ring (bicyclic) bond motifs is 3. The first-order valence-corrected chi connectivity index (χ1v) is 11.6. The summed E-state index contributed by atoms with van der Waals surface area (Å²) in [4.78, 5) is 15.8. The molecule has 4 heterocycles. The van der Waals surface area contributed by atoms with Crippen molar-refractivity contribution < 1.29 is 14.9 Å². The van der Waals surface area contributed by atoms with Crippen LogP contribution < -0.4 is 4.90 Å². The predicted molar refractivity (Wildman–Crippen MR) is 120 cm³/mol. The second-order valence-corrected chi connectivity index (χ2v) is 9.54. The molecule has 2 aromatic heterocycles. The van der Waals surface area contributed by atoms with E-state index in [-0.39, 0.29) is 10.7 Å². The summed E-state index contributed by atoms with van der Waals surface area (Å²) < 4.78 is 7.57. The average molecular weight is 456 g/mol. The Morgan fingerprint density at radius 1 is 1.19 bits per heavy atom. The molecule has 168 valence electrons. The Balaban J connectivity index is 1.37. The lowest BCUT2D eigenvalue weighted by Crippen LogP contribution is -2.31. The lowest BCUT2D eigenvalue weighted by Gasteiger charge is -2.26. The van der Waals surface area contributed by atoms with E-state index < -0.39 is 24.5 Å². The molecule has 1 spiro atoms. The van der Waals surface area contributed by atoms with Crippen LogP contribution in [0.4, 0.5) is 5.82 Å². The molecule has 2 N–H and O–H groups in total. The number of aromatic nitrogens is 4. The number of anilines is 1. The Morgan fingerprint density at radius 2 is 2.03 bits per heavy atom. The summed E-state index contributed by atoms with van der Waals surface area (Å²) in [6.07, 6.45) is 2.25. The van der Waals surface area contributed by atoms with Gasteiger partial charge in [-0.05, 0) is 48.4 Å². The third-order valence-electron chi connectivity index (χ3n) is 7.50. The van der Waals surface area contributed by atoms with Gasteiger partial charge in [-0.2, -0.15) is 9.97 Å². The van der Waals surface area contributed by atoms with Crippen LogP contribution in [-0.4, -0.2) is 61.1 Å². The van der Waals surface area contributed by atoms with E-state index in [0.717, 1.165) is 32.4 Å². The van der Waals surface area contributed by atoms with Crippen LogP contribution in [0.1, 0.15) is 43.5 Å². The number of halogens is 1. The molecule has 8 nitrogen and oxygen atoms in total. The van der Waals surface area contributed by atoms with Crippen LogP contribution >= 0.6 is 11.6 Å². The summed E-state index contributed by atoms with van der Waals surface area (Å²) in [6.45, 7) is 3.64. The number of aryl methyl sites for hydroxylation is 1. The molecule has 0 bridgehead atoms. The van der Waals surface area contributed by atoms with Crippen LogP contribution in [0.25, 0.3) is 11.2 Å². The van der Waals surface area contributed by atoms with Gasteiger partial charge in [-0.3, -0.25) is 4.57 Å². The van der Waals surface area contributed by atoms with Crippen LogP contribution in [0.3, 0.4) is 0 Å². The van der Waals surface area contributed by atoms with E-state index in [1.165, 1.54) is 11.1 Å². The van der Waals surface area contributed by atoms with Crippen LogP contribution in [0.15, 0.2) is 30.6 Å². The Hall–Kier alpha value is -2.26. The molecular weight excluding hydrogens is 430 g/mol.